The lowest BCUT2D eigenvalue weighted by Crippen LogP contribution is -2.19. The first kappa shape index (κ1) is 14.5. The average Bonchev–Trinajstić information content (AvgIpc) is 2.33. The Bertz CT molecular complexity index is 372. The van der Waals surface area contributed by atoms with Crippen LogP contribution in [-0.4, -0.2) is 27.9 Å². The van der Waals surface area contributed by atoms with Crippen molar-refractivity contribution in [3.8, 4) is 17.2 Å². The highest BCUT2D eigenvalue weighted by atomic mass is 16.5. The molecule has 4 nitrogen and oxygen atoms in total. The summed E-state index contributed by atoms with van der Waals surface area (Å²) in [4.78, 5) is 0. The highest BCUT2D eigenvalue weighted by Gasteiger charge is 2.15. The molecule has 0 aliphatic carbocycles. The van der Waals surface area contributed by atoms with Gasteiger partial charge in [0.2, 0.25) is 5.75 Å². The van der Waals surface area contributed by atoms with Gasteiger partial charge in [0.25, 0.3) is 0 Å². The molecule has 0 aromatic heterocycles. The predicted octanol–water partition coefficient (Wildman–Crippen LogP) is 3.17. The molecule has 0 aliphatic heterocycles. The van der Waals surface area contributed by atoms with Crippen LogP contribution in [0.25, 0.3) is 0 Å². The Morgan fingerprint density at radius 2 is 1.44 bits per heavy atom. The summed E-state index contributed by atoms with van der Waals surface area (Å²) in [5.41, 5.74) is 1.17. The minimum Gasteiger partial charge on any atom is -0.493 e. The molecule has 1 aromatic carbocycles. The van der Waals surface area contributed by atoms with E-state index in [1.54, 1.807) is 21.3 Å². The summed E-state index contributed by atoms with van der Waals surface area (Å²) in [7, 11) is 4.83. The molecule has 0 saturated carbocycles. The first-order valence-corrected chi connectivity index (χ1v) is 5.95. The molecule has 0 atom stereocenters. The van der Waals surface area contributed by atoms with Crippen LogP contribution < -0.4 is 19.5 Å². The molecular formula is C14H23NO3. The van der Waals surface area contributed by atoms with Crippen LogP contribution in [0.2, 0.25) is 0 Å². The van der Waals surface area contributed by atoms with Crippen molar-refractivity contribution in [1.29, 1.82) is 0 Å². The van der Waals surface area contributed by atoms with Gasteiger partial charge in [0.15, 0.2) is 11.5 Å². The van der Waals surface area contributed by atoms with Crippen LogP contribution in [0.1, 0.15) is 20.8 Å². The van der Waals surface area contributed by atoms with Crippen molar-refractivity contribution in [3.63, 3.8) is 0 Å². The topological polar surface area (TPSA) is 39.7 Å². The third kappa shape index (κ3) is 3.72. The molecule has 0 amide bonds. The quantitative estimate of drug-likeness (QED) is 0.875. The third-order valence-corrected chi connectivity index (χ3v) is 2.49. The Labute approximate surface area is 109 Å². The molecule has 18 heavy (non-hydrogen) atoms. The third-order valence-electron chi connectivity index (χ3n) is 2.49. The number of ether oxygens (including phenoxy) is 3. The van der Waals surface area contributed by atoms with Crippen LogP contribution in [0, 0.1) is 5.41 Å². The second-order valence-corrected chi connectivity index (χ2v) is 5.33. The maximum atomic E-state index is 5.31. The summed E-state index contributed by atoms with van der Waals surface area (Å²) < 4.78 is 15.9. The molecule has 1 N–H and O–H groups in total. The molecule has 0 saturated heterocycles. The van der Waals surface area contributed by atoms with Crippen molar-refractivity contribution in [1.82, 2.24) is 0 Å². The SMILES string of the molecule is COc1cc(NCC(C)(C)C)cc(OC)c1OC. The molecule has 4 heteroatoms. The van der Waals surface area contributed by atoms with Gasteiger partial charge in [-0.2, -0.15) is 0 Å². The maximum absolute atomic E-state index is 5.31. The van der Waals surface area contributed by atoms with Crippen LogP contribution >= 0.6 is 0 Å². The van der Waals surface area contributed by atoms with Crippen LogP contribution in [0.5, 0.6) is 17.2 Å². The van der Waals surface area contributed by atoms with Crippen LogP contribution in [0.15, 0.2) is 12.1 Å². The Morgan fingerprint density at radius 1 is 0.944 bits per heavy atom. The smallest absolute Gasteiger partial charge is 0.203 e. The Kier molecular flexibility index (Phi) is 4.70. The number of nitrogens with one attached hydrogen (secondary N) is 1. The highest BCUT2D eigenvalue weighted by Crippen LogP contribution is 2.40. The van der Waals surface area contributed by atoms with Crippen LogP contribution in [0.3, 0.4) is 0 Å². The number of anilines is 1. The van der Waals surface area contributed by atoms with Gasteiger partial charge in [0.05, 0.1) is 21.3 Å². The standard InChI is InChI=1S/C14H23NO3/c1-14(2,3)9-15-10-7-11(16-4)13(18-6)12(8-10)17-5/h7-8,15H,9H2,1-6H3. The molecular weight excluding hydrogens is 230 g/mol. The molecule has 0 radical (unpaired) electrons. The van der Waals surface area contributed by atoms with Crippen LogP contribution in [-0.2, 0) is 0 Å². The van der Waals surface area contributed by atoms with E-state index in [0.717, 1.165) is 12.2 Å². The van der Waals surface area contributed by atoms with E-state index in [4.69, 9.17) is 14.2 Å². The van der Waals surface area contributed by atoms with E-state index in [1.807, 2.05) is 12.1 Å². The Hall–Kier alpha value is -1.58. The average molecular weight is 253 g/mol. The second kappa shape index (κ2) is 5.85. The number of methoxy groups -OCH3 is 3. The zero-order valence-electron chi connectivity index (χ0n) is 12.1. The summed E-state index contributed by atoms with van der Waals surface area (Å²) >= 11 is 0. The summed E-state index contributed by atoms with van der Waals surface area (Å²) in [5, 5.41) is 3.37. The largest absolute Gasteiger partial charge is 0.493 e. The fourth-order valence-corrected chi connectivity index (χ4v) is 1.55. The van der Waals surface area contributed by atoms with Gasteiger partial charge in [-0.25, -0.2) is 0 Å². The van der Waals surface area contributed by atoms with E-state index in [9.17, 15) is 0 Å². The molecule has 1 aromatic rings. The first-order valence-electron chi connectivity index (χ1n) is 5.95. The van der Waals surface area contributed by atoms with E-state index < -0.39 is 0 Å². The minimum atomic E-state index is 0.209. The zero-order valence-corrected chi connectivity index (χ0v) is 12.1. The normalized spacial score (nSPS) is 11.0. The summed E-state index contributed by atoms with van der Waals surface area (Å²) in [5.74, 6) is 1.93. The maximum Gasteiger partial charge on any atom is 0.203 e. The predicted molar refractivity (Wildman–Crippen MR) is 74.0 cm³/mol. The number of hydrogen-bond acceptors (Lipinski definition) is 4. The van der Waals surface area contributed by atoms with Gasteiger partial charge in [0, 0.05) is 24.4 Å². The molecule has 102 valence electrons. The first-order chi connectivity index (χ1) is 8.41. The molecule has 1 rings (SSSR count). The van der Waals surface area contributed by atoms with E-state index in [-0.39, 0.29) is 5.41 Å². The molecule has 0 spiro atoms. The van der Waals surface area contributed by atoms with E-state index in [2.05, 4.69) is 26.1 Å². The molecule has 0 heterocycles. The summed E-state index contributed by atoms with van der Waals surface area (Å²) in [6, 6.07) is 3.82. The number of hydrogen-bond donors (Lipinski definition) is 1. The monoisotopic (exact) mass is 253 g/mol. The van der Waals surface area contributed by atoms with Gasteiger partial charge in [-0.05, 0) is 5.41 Å². The lowest BCUT2D eigenvalue weighted by Gasteiger charge is -2.21. The van der Waals surface area contributed by atoms with Crippen molar-refractivity contribution in [2.75, 3.05) is 33.2 Å². The molecule has 0 bridgehead atoms. The van der Waals surface area contributed by atoms with Gasteiger partial charge in [-0.3, -0.25) is 0 Å². The highest BCUT2D eigenvalue weighted by molar-refractivity contribution is 5.62. The summed E-state index contributed by atoms with van der Waals surface area (Å²) in [6.07, 6.45) is 0. The van der Waals surface area contributed by atoms with E-state index in [0.29, 0.717) is 17.2 Å². The van der Waals surface area contributed by atoms with Crippen molar-refractivity contribution < 1.29 is 14.2 Å². The molecule has 0 unspecified atom stereocenters. The minimum absolute atomic E-state index is 0.209. The lowest BCUT2D eigenvalue weighted by atomic mass is 9.97. The van der Waals surface area contributed by atoms with E-state index >= 15 is 0 Å². The summed E-state index contributed by atoms with van der Waals surface area (Å²) in [6.45, 7) is 7.40. The fraction of sp³-hybridized carbons (Fsp3) is 0.571. The zero-order chi connectivity index (χ0) is 13.8. The van der Waals surface area contributed by atoms with Gasteiger partial charge in [0.1, 0.15) is 0 Å². The van der Waals surface area contributed by atoms with Crippen molar-refractivity contribution in [3.05, 3.63) is 12.1 Å². The lowest BCUT2D eigenvalue weighted by molar-refractivity contribution is 0.324. The van der Waals surface area contributed by atoms with Crippen molar-refractivity contribution in [2.24, 2.45) is 5.41 Å². The molecule has 0 fully saturated rings. The van der Waals surface area contributed by atoms with E-state index in [1.165, 1.54) is 0 Å². The second-order valence-electron chi connectivity index (χ2n) is 5.33. The Balaban J connectivity index is 3.00. The Morgan fingerprint density at radius 3 is 1.78 bits per heavy atom. The van der Waals surface area contributed by atoms with Crippen LogP contribution in [0.4, 0.5) is 5.69 Å². The number of benzene rings is 1. The fourth-order valence-electron chi connectivity index (χ4n) is 1.55. The van der Waals surface area contributed by atoms with Gasteiger partial charge in [-0.15, -0.1) is 0 Å². The van der Waals surface area contributed by atoms with Gasteiger partial charge < -0.3 is 19.5 Å². The number of rotatable bonds is 5. The molecule has 0 aliphatic rings. The van der Waals surface area contributed by atoms with Crippen molar-refractivity contribution >= 4 is 5.69 Å². The van der Waals surface area contributed by atoms with Gasteiger partial charge >= 0.3 is 0 Å². The van der Waals surface area contributed by atoms with Crippen molar-refractivity contribution in [2.45, 2.75) is 20.8 Å². The van der Waals surface area contributed by atoms with Gasteiger partial charge in [-0.1, -0.05) is 20.8 Å².